The summed E-state index contributed by atoms with van der Waals surface area (Å²) in [5.74, 6) is -1.29. The lowest BCUT2D eigenvalue weighted by molar-refractivity contribution is 0.0652. The standard InChI is InChI=1S/C41H46F3N3OSi/c1-8-46-26-31(25-45-46)29-19-20-35-30(22-29)21-28(2)47(27-41(6,7)44)39(35)38-36(42)23-32(24-37(38)43)48-49(40(3,4)5,33-15-11-9-12-16-33)34-17-13-10-14-18-34/h9-20,22-26,28,39H,8,21,27H2,1-7H3/t28-,39+/m1/s1. The summed E-state index contributed by atoms with van der Waals surface area (Å²) < 4.78 is 57.7. The fraction of sp³-hybridized carbons (Fsp3) is 0.341. The summed E-state index contributed by atoms with van der Waals surface area (Å²) in [5, 5.41) is 6.04. The molecule has 4 nitrogen and oxygen atoms in total. The van der Waals surface area contributed by atoms with Crippen molar-refractivity contribution >= 4 is 18.7 Å². The molecular weight excluding hydrogens is 636 g/mol. The number of fused-ring (bicyclic) bond motifs is 1. The van der Waals surface area contributed by atoms with Crippen LogP contribution in [0.25, 0.3) is 11.1 Å². The predicted octanol–water partition coefficient (Wildman–Crippen LogP) is 8.87. The lowest BCUT2D eigenvalue weighted by Crippen LogP contribution is -2.68. The van der Waals surface area contributed by atoms with Crippen molar-refractivity contribution in [3.05, 3.63) is 132 Å². The normalized spacial score (nSPS) is 17.2. The maximum atomic E-state index is 16.7. The van der Waals surface area contributed by atoms with Crippen LogP contribution in [0, 0.1) is 11.6 Å². The van der Waals surface area contributed by atoms with Gasteiger partial charge in [0.15, 0.2) is 0 Å². The van der Waals surface area contributed by atoms with E-state index in [1.807, 2.05) is 109 Å². The Bertz CT molecular complexity index is 1850. The minimum Gasteiger partial charge on any atom is -0.534 e. The molecule has 0 aliphatic carbocycles. The van der Waals surface area contributed by atoms with E-state index < -0.39 is 36.7 Å². The zero-order chi connectivity index (χ0) is 35.1. The van der Waals surface area contributed by atoms with Crippen molar-refractivity contribution in [1.82, 2.24) is 14.7 Å². The number of alkyl halides is 1. The first-order chi connectivity index (χ1) is 23.2. The first-order valence-electron chi connectivity index (χ1n) is 17.1. The lowest BCUT2D eigenvalue weighted by Gasteiger charge is -2.44. The molecule has 6 rings (SSSR count). The van der Waals surface area contributed by atoms with Gasteiger partial charge in [-0.25, -0.2) is 13.2 Å². The Morgan fingerprint density at radius 2 is 1.43 bits per heavy atom. The van der Waals surface area contributed by atoms with Crippen LogP contribution in [-0.2, 0) is 13.0 Å². The van der Waals surface area contributed by atoms with E-state index in [4.69, 9.17) is 4.43 Å². The maximum absolute atomic E-state index is 16.7. The van der Waals surface area contributed by atoms with E-state index in [0.29, 0.717) is 6.42 Å². The van der Waals surface area contributed by atoms with Crippen LogP contribution in [0.3, 0.4) is 0 Å². The number of benzene rings is 4. The van der Waals surface area contributed by atoms with Crippen molar-refractivity contribution in [3.63, 3.8) is 0 Å². The SMILES string of the molecule is CCn1cc(-c2ccc3c(c2)C[C@@H](C)N(CC(C)(C)F)[C@@H]3c2c(F)cc(O[Si](c3ccccc3)(c3ccccc3)C(C)(C)C)cc2F)cn1. The Morgan fingerprint density at radius 3 is 1.94 bits per heavy atom. The van der Waals surface area contributed by atoms with Gasteiger partial charge in [0.05, 0.1) is 12.2 Å². The summed E-state index contributed by atoms with van der Waals surface area (Å²) in [4.78, 5) is 1.90. The van der Waals surface area contributed by atoms with Crippen molar-refractivity contribution in [1.29, 1.82) is 0 Å². The number of hydrogen-bond donors (Lipinski definition) is 0. The van der Waals surface area contributed by atoms with Crippen LogP contribution in [0.4, 0.5) is 13.2 Å². The molecule has 2 atom stereocenters. The van der Waals surface area contributed by atoms with Crippen LogP contribution in [0.2, 0.25) is 5.04 Å². The molecule has 1 aliphatic rings. The Morgan fingerprint density at radius 1 is 0.837 bits per heavy atom. The highest BCUT2D eigenvalue weighted by atomic mass is 28.4. The summed E-state index contributed by atoms with van der Waals surface area (Å²) >= 11 is 0. The highest BCUT2D eigenvalue weighted by molar-refractivity contribution is 7.00. The van der Waals surface area contributed by atoms with Crippen LogP contribution in [0.1, 0.15) is 71.2 Å². The number of aryl methyl sites for hydroxylation is 1. The van der Waals surface area contributed by atoms with Gasteiger partial charge in [0.1, 0.15) is 23.1 Å². The first-order valence-corrected chi connectivity index (χ1v) is 19.0. The Balaban J connectivity index is 1.48. The zero-order valence-corrected chi connectivity index (χ0v) is 30.5. The van der Waals surface area contributed by atoms with E-state index in [-0.39, 0.29) is 23.9 Å². The second-order valence-corrected chi connectivity index (χ2v) is 19.1. The van der Waals surface area contributed by atoms with Gasteiger partial charge in [-0.05, 0) is 66.2 Å². The van der Waals surface area contributed by atoms with Crippen molar-refractivity contribution < 1.29 is 17.6 Å². The highest BCUT2D eigenvalue weighted by Crippen LogP contribution is 2.44. The van der Waals surface area contributed by atoms with Crippen molar-refractivity contribution in [2.24, 2.45) is 0 Å². The summed E-state index contributed by atoms with van der Waals surface area (Å²) in [6.45, 7) is 14.2. The molecule has 2 heterocycles. The lowest BCUT2D eigenvalue weighted by atomic mass is 9.82. The van der Waals surface area contributed by atoms with Gasteiger partial charge in [-0.3, -0.25) is 9.58 Å². The molecule has 0 radical (unpaired) electrons. The molecule has 8 heteroatoms. The monoisotopic (exact) mass is 681 g/mol. The molecule has 0 N–H and O–H groups in total. The molecule has 0 saturated carbocycles. The average Bonchev–Trinajstić information content (AvgIpc) is 3.54. The molecule has 1 aliphatic heterocycles. The molecule has 49 heavy (non-hydrogen) atoms. The van der Waals surface area contributed by atoms with Crippen molar-refractivity contribution in [3.8, 4) is 16.9 Å². The van der Waals surface area contributed by atoms with E-state index in [2.05, 4.69) is 31.9 Å². The highest BCUT2D eigenvalue weighted by Gasteiger charge is 2.52. The van der Waals surface area contributed by atoms with Crippen LogP contribution < -0.4 is 14.8 Å². The molecule has 5 aromatic rings. The minimum atomic E-state index is -3.15. The van der Waals surface area contributed by atoms with Gasteiger partial charge in [0.2, 0.25) is 0 Å². The van der Waals surface area contributed by atoms with Crippen LogP contribution >= 0.6 is 0 Å². The maximum Gasteiger partial charge on any atom is 0.319 e. The van der Waals surface area contributed by atoms with E-state index in [1.54, 1.807) is 0 Å². The smallest absolute Gasteiger partial charge is 0.319 e. The van der Waals surface area contributed by atoms with Crippen molar-refractivity contribution in [2.45, 2.75) is 84.2 Å². The third kappa shape index (κ3) is 6.73. The van der Waals surface area contributed by atoms with Gasteiger partial charge in [0, 0.05) is 48.6 Å². The molecule has 4 aromatic carbocycles. The summed E-state index contributed by atoms with van der Waals surface area (Å²) in [5.41, 5.74) is 2.03. The van der Waals surface area contributed by atoms with Gasteiger partial charge in [-0.1, -0.05) is 99.6 Å². The molecule has 0 bridgehead atoms. The number of nitrogens with zero attached hydrogens (tertiary/aromatic N) is 3. The molecule has 0 fully saturated rings. The molecule has 0 unspecified atom stereocenters. The van der Waals surface area contributed by atoms with Crippen LogP contribution in [0.5, 0.6) is 5.75 Å². The van der Waals surface area contributed by atoms with E-state index in [1.165, 1.54) is 26.0 Å². The fourth-order valence-electron chi connectivity index (χ4n) is 7.49. The Kier molecular flexibility index (Phi) is 9.41. The first kappa shape index (κ1) is 34.7. The number of rotatable bonds is 9. The number of hydrogen-bond acceptors (Lipinski definition) is 3. The predicted molar refractivity (Wildman–Crippen MR) is 195 cm³/mol. The van der Waals surface area contributed by atoms with E-state index in [9.17, 15) is 0 Å². The Hall–Kier alpha value is -4.14. The van der Waals surface area contributed by atoms with Gasteiger partial charge in [-0.2, -0.15) is 5.10 Å². The molecule has 0 saturated heterocycles. The summed E-state index contributed by atoms with van der Waals surface area (Å²) in [6.07, 6.45) is 4.44. The van der Waals surface area contributed by atoms with Crippen molar-refractivity contribution in [2.75, 3.05) is 6.54 Å². The quantitative estimate of drug-likeness (QED) is 0.146. The van der Waals surface area contributed by atoms with Gasteiger partial charge in [-0.15, -0.1) is 0 Å². The topological polar surface area (TPSA) is 30.3 Å². The molecule has 0 spiro atoms. The average molecular weight is 682 g/mol. The molecular formula is C41H46F3N3OSi. The zero-order valence-electron chi connectivity index (χ0n) is 29.5. The minimum absolute atomic E-state index is 0.0164. The largest absolute Gasteiger partial charge is 0.534 e. The molecule has 0 amide bonds. The number of halogens is 3. The Labute approximate surface area is 289 Å². The van der Waals surface area contributed by atoms with E-state index in [0.717, 1.165) is 39.2 Å². The van der Waals surface area contributed by atoms with E-state index >= 15 is 13.2 Å². The molecule has 256 valence electrons. The van der Waals surface area contributed by atoms with Crippen LogP contribution in [-0.4, -0.2) is 41.3 Å². The second-order valence-electron chi connectivity index (χ2n) is 14.9. The summed E-state index contributed by atoms with van der Waals surface area (Å²) in [6, 6.07) is 27.6. The number of aromatic nitrogens is 2. The van der Waals surface area contributed by atoms with Crippen LogP contribution in [0.15, 0.2) is 103 Å². The van der Waals surface area contributed by atoms with Gasteiger partial charge in [0.25, 0.3) is 0 Å². The third-order valence-electron chi connectivity index (χ3n) is 9.71. The summed E-state index contributed by atoms with van der Waals surface area (Å²) in [7, 11) is -3.15. The van der Waals surface area contributed by atoms with Gasteiger partial charge >= 0.3 is 8.32 Å². The molecule has 1 aromatic heterocycles. The fourth-order valence-corrected chi connectivity index (χ4v) is 11.9. The second kappa shape index (κ2) is 13.3. The third-order valence-corrected chi connectivity index (χ3v) is 14.7. The van der Waals surface area contributed by atoms with Gasteiger partial charge < -0.3 is 4.43 Å².